The molecule has 0 spiro atoms. The van der Waals surface area contributed by atoms with E-state index in [0.717, 1.165) is 5.57 Å². The molecule has 3 N–H and O–H groups in total. The molecule has 0 aromatic carbocycles. The zero-order valence-electron chi connectivity index (χ0n) is 6.13. The van der Waals surface area contributed by atoms with Crippen LogP contribution in [-0.2, 0) is 4.79 Å². The molecule has 0 aliphatic carbocycles. The minimum atomic E-state index is -0.943. The lowest BCUT2D eigenvalue weighted by atomic mass is 10.1. The average molecular weight is 143 g/mol. The number of nitrogens with two attached hydrogens (primary N) is 1. The molecular formula is C7H13NO2. The van der Waals surface area contributed by atoms with E-state index in [1.807, 2.05) is 6.92 Å². The molecule has 0 fully saturated rings. The average Bonchev–Trinajstić information content (AvgIpc) is 1.82. The number of aliphatic carboxylic acids is 1. The lowest BCUT2D eigenvalue weighted by Gasteiger charge is -2.04. The first-order valence-corrected chi connectivity index (χ1v) is 3.17. The molecule has 58 valence electrons. The van der Waals surface area contributed by atoms with Crippen LogP contribution in [0.5, 0.6) is 0 Å². The zero-order chi connectivity index (χ0) is 8.15. The maximum absolute atomic E-state index is 10.2. The Balaban J connectivity index is 3.49. The van der Waals surface area contributed by atoms with Crippen molar-refractivity contribution in [1.29, 1.82) is 0 Å². The van der Waals surface area contributed by atoms with Crippen molar-refractivity contribution in [2.24, 2.45) is 5.73 Å². The lowest BCUT2D eigenvalue weighted by Crippen LogP contribution is -2.29. The van der Waals surface area contributed by atoms with E-state index in [4.69, 9.17) is 10.8 Å². The van der Waals surface area contributed by atoms with E-state index in [2.05, 4.69) is 6.58 Å². The van der Waals surface area contributed by atoms with E-state index in [9.17, 15) is 4.79 Å². The Morgan fingerprint density at radius 1 is 1.80 bits per heavy atom. The Morgan fingerprint density at radius 2 is 2.30 bits per heavy atom. The van der Waals surface area contributed by atoms with Crippen molar-refractivity contribution in [3.63, 3.8) is 0 Å². The van der Waals surface area contributed by atoms with Crippen LogP contribution in [0, 0.1) is 0 Å². The summed E-state index contributed by atoms with van der Waals surface area (Å²) in [5, 5.41) is 8.34. The predicted octanol–water partition coefficient (Wildman–Crippen LogP) is 0.755. The van der Waals surface area contributed by atoms with Crippen molar-refractivity contribution < 1.29 is 9.90 Å². The van der Waals surface area contributed by atoms with E-state index in [1.54, 1.807) is 0 Å². The summed E-state index contributed by atoms with van der Waals surface area (Å²) >= 11 is 0. The number of carboxylic acid groups (broad SMARTS) is 1. The summed E-state index contributed by atoms with van der Waals surface area (Å²) in [5.41, 5.74) is 6.19. The standard InChI is InChI=1S/C7H13NO2/c1-5(2)3-4-6(8)7(9)10/h6H,1,3-4,8H2,2H3,(H,9,10)/t6-/m0/s1. The molecule has 0 saturated carbocycles. The molecule has 0 saturated heterocycles. The quantitative estimate of drug-likeness (QED) is 0.571. The maximum atomic E-state index is 10.2. The highest BCUT2D eigenvalue weighted by Crippen LogP contribution is 2.02. The Morgan fingerprint density at radius 3 is 2.60 bits per heavy atom. The third-order valence-electron chi connectivity index (χ3n) is 1.20. The van der Waals surface area contributed by atoms with Gasteiger partial charge in [0.25, 0.3) is 0 Å². The summed E-state index contributed by atoms with van der Waals surface area (Å²) in [6.07, 6.45) is 1.16. The molecule has 0 bridgehead atoms. The topological polar surface area (TPSA) is 63.3 Å². The number of allylic oxidation sites excluding steroid dienone is 1. The van der Waals surface area contributed by atoms with E-state index in [-0.39, 0.29) is 0 Å². The van der Waals surface area contributed by atoms with Gasteiger partial charge in [-0.15, -0.1) is 6.58 Å². The van der Waals surface area contributed by atoms with Crippen molar-refractivity contribution in [2.75, 3.05) is 0 Å². The van der Waals surface area contributed by atoms with Crippen molar-refractivity contribution in [3.8, 4) is 0 Å². The Bertz CT molecular complexity index is 143. The van der Waals surface area contributed by atoms with Crippen LogP contribution in [0.25, 0.3) is 0 Å². The van der Waals surface area contributed by atoms with Gasteiger partial charge in [-0.25, -0.2) is 0 Å². The second-order valence-electron chi connectivity index (χ2n) is 2.44. The van der Waals surface area contributed by atoms with Crippen molar-refractivity contribution in [2.45, 2.75) is 25.8 Å². The minimum Gasteiger partial charge on any atom is -0.480 e. The fourth-order valence-corrected chi connectivity index (χ4v) is 0.525. The second-order valence-corrected chi connectivity index (χ2v) is 2.44. The highest BCUT2D eigenvalue weighted by Gasteiger charge is 2.09. The van der Waals surface area contributed by atoms with Gasteiger partial charge in [0, 0.05) is 0 Å². The Labute approximate surface area is 60.5 Å². The van der Waals surface area contributed by atoms with E-state index < -0.39 is 12.0 Å². The van der Waals surface area contributed by atoms with Gasteiger partial charge >= 0.3 is 5.97 Å². The molecule has 0 rings (SSSR count). The van der Waals surface area contributed by atoms with Gasteiger partial charge in [0.15, 0.2) is 0 Å². The summed E-state index contributed by atoms with van der Waals surface area (Å²) in [6.45, 7) is 5.49. The smallest absolute Gasteiger partial charge is 0.320 e. The first-order valence-electron chi connectivity index (χ1n) is 3.17. The van der Waals surface area contributed by atoms with Crippen LogP contribution in [0.3, 0.4) is 0 Å². The molecule has 0 aromatic heterocycles. The number of carbonyl (C=O) groups is 1. The molecule has 0 aliphatic heterocycles. The molecule has 0 radical (unpaired) electrons. The lowest BCUT2D eigenvalue weighted by molar-refractivity contribution is -0.138. The summed E-state index contributed by atoms with van der Waals surface area (Å²) < 4.78 is 0. The normalized spacial score (nSPS) is 12.6. The summed E-state index contributed by atoms with van der Waals surface area (Å²) in [4.78, 5) is 10.2. The molecular weight excluding hydrogens is 130 g/mol. The van der Waals surface area contributed by atoms with Gasteiger partial charge in [0.05, 0.1) is 0 Å². The van der Waals surface area contributed by atoms with E-state index in [1.165, 1.54) is 0 Å². The molecule has 3 heteroatoms. The highest BCUT2D eigenvalue weighted by molar-refractivity contribution is 5.72. The van der Waals surface area contributed by atoms with Crippen LogP contribution in [0.2, 0.25) is 0 Å². The molecule has 3 nitrogen and oxygen atoms in total. The van der Waals surface area contributed by atoms with Gasteiger partial charge in [-0.1, -0.05) is 5.57 Å². The van der Waals surface area contributed by atoms with Gasteiger partial charge < -0.3 is 10.8 Å². The van der Waals surface area contributed by atoms with Crippen LogP contribution >= 0.6 is 0 Å². The largest absolute Gasteiger partial charge is 0.480 e. The molecule has 0 unspecified atom stereocenters. The third-order valence-corrected chi connectivity index (χ3v) is 1.20. The molecule has 10 heavy (non-hydrogen) atoms. The number of carboxylic acids is 1. The van der Waals surface area contributed by atoms with Crippen LogP contribution in [0.15, 0.2) is 12.2 Å². The van der Waals surface area contributed by atoms with Crippen LogP contribution < -0.4 is 5.73 Å². The van der Waals surface area contributed by atoms with Gasteiger partial charge in [0.1, 0.15) is 6.04 Å². The number of hydrogen-bond donors (Lipinski definition) is 2. The number of rotatable bonds is 4. The molecule has 0 heterocycles. The first-order chi connectivity index (χ1) is 4.54. The molecule has 1 atom stereocenters. The fourth-order valence-electron chi connectivity index (χ4n) is 0.525. The third kappa shape index (κ3) is 4.09. The Kier molecular flexibility index (Phi) is 3.72. The van der Waals surface area contributed by atoms with E-state index in [0.29, 0.717) is 12.8 Å². The monoisotopic (exact) mass is 143 g/mol. The molecule has 0 aromatic rings. The summed E-state index contributed by atoms with van der Waals surface area (Å²) in [7, 11) is 0. The van der Waals surface area contributed by atoms with Crippen molar-refractivity contribution in [1.82, 2.24) is 0 Å². The summed E-state index contributed by atoms with van der Waals surface area (Å²) in [5.74, 6) is -0.943. The SMILES string of the molecule is C=C(C)CC[C@H](N)C(=O)O. The molecule has 0 aliphatic rings. The second kappa shape index (κ2) is 4.06. The molecule has 0 amide bonds. The van der Waals surface area contributed by atoms with Gasteiger partial charge in [-0.2, -0.15) is 0 Å². The van der Waals surface area contributed by atoms with Crippen LogP contribution in [0.4, 0.5) is 0 Å². The highest BCUT2D eigenvalue weighted by atomic mass is 16.4. The van der Waals surface area contributed by atoms with Crippen LogP contribution in [-0.4, -0.2) is 17.1 Å². The fraction of sp³-hybridized carbons (Fsp3) is 0.571. The van der Waals surface area contributed by atoms with E-state index >= 15 is 0 Å². The van der Waals surface area contributed by atoms with Crippen molar-refractivity contribution in [3.05, 3.63) is 12.2 Å². The zero-order valence-corrected chi connectivity index (χ0v) is 6.13. The van der Waals surface area contributed by atoms with Crippen LogP contribution in [0.1, 0.15) is 19.8 Å². The maximum Gasteiger partial charge on any atom is 0.320 e. The Hall–Kier alpha value is -0.830. The van der Waals surface area contributed by atoms with Gasteiger partial charge in [-0.05, 0) is 19.8 Å². The van der Waals surface area contributed by atoms with Gasteiger partial charge in [0.2, 0.25) is 0 Å². The predicted molar refractivity (Wildman–Crippen MR) is 39.7 cm³/mol. The van der Waals surface area contributed by atoms with Crippen molar-refractivity contribution >= 4 is 5.97 Å². The summed E-state index contributed by atoms with van der Waals surface area (Å²) in [6, 6.07) is -0.739. The first kappa shape index (κ1) is 9.17. The van der Waals surface area contributed by atoms with Gasteiger partial charge in [-0.3, -0.25) is 4.79 Å². The number of hydrogen-bond acceptors (Lipinski definition) is 2. The minimum absolute atomic E-state index is 0.477.